The van der Waals surface area contributed by atoms with E-state index in [0.29, 0.717) is 17.9 Å². The van der Waals surface area contributed by atoms with Gasteiger partial charge < -0.3 is 10.5 Å². The lowest BCUT2D eigenvalue weighted by Gasteiger charge is -2.09. The number of nitrogens with two attached hydrogens (primary N) is 1. The molecule has 0 radical (unpaired) electrons. The molecule has 0 aliphatic rings. The fourth-order valence-corrected chi connectivity index (χ4v) is 2.41. The van der Waals surface area contributed by atoms with Gasteiger partial charge in [0.05, 0.1) is 11.3 Å². The third kappa shape index (κ3) is 3.33. The second kappa shape index (κ2) is 6.67. The number of nitriles is 1. The molecule has 0 heterocycles. The molecular weight excluding hydrogens is 284 g/mol. The summed E-state index contributed by atoms with van der Waals surface area (Å²) < 4.78 is 5.77. The van der Waals surface area contributed by atoms with Crippen molar-refractivity contribution in [1.29, 1.82) is 5.26 Å². The molecule has 3 nitrogen and oxygen atoms in total. The van der Waals surface area contributed by atoms with Crippen molar-refractivity contribution in [2.75, 3.05) is 5.73 Å². The fourth-order valence-electron chi connectivity index (χ4n) is 2.41. The summed E-state index contributed by atoms with van der Waals surface area (Å²) in [5, 5.41) is 9.27. The topological polar surface area (TPSA) is 59.0 Å². The lowest BCUT2D eigenvalue weighted by Crippen LogP contribution is -1.95. The Morgan fingerprint density at radius 1 is 0.870 bits per heavy atom. The lowest BCUT2D eigenvalue weighted by atomic mass is 9.99. The quantitative estimate of drug-likeness (QED) is 0.727. The third-order valence-electron chi connectivity index (χ3n) is 3.62. The van der Waals surface area contributed by atoms with Gasteiger partial charge >= 0.3 is 0 Å². The van der Waals surface area contributed by atoms with E-state index in [9.17, 15) is 5.26 Å². The number of benzene rings is 3. The summed E-state index contributed by atoms with van der Waals surface area (Å²) in [6, 6.07) is 25.4. The minimum atomic E-state index is 0.495. The largest absolute Gasteiger partial charge is 0.489 e. The van der Waals surface area contributed by atoms with Gasteiger partial charge in [0.2, 0.25) is 0 Å². The fraction of sp³-hybridized carbons (Fsp3) is 0.0500. The van der Waals surface area contributed by atoms with Crippen molar-refractivity contribution in [2.24, 2.45) is 0 Å². The highest BCUT2D eigenvalue weighted by atomic mass is 16.5. The molecule has 0 atom stereocenters. The Balaban J connectivity index is 1.78. The van der Waals surface area contributed by atoms with E-state index < -0.39 is 0 Å². The van der Waals surface area contributed by atoms with Gasteiger partial charge in [-0.05, 0) is 29.3 Å². The van der Waals surface area contributed by atoms with E-state index in [2.05, 4.69) is 6.07 Å². The Kier molecular flexibility index (Phi) is 4.26. The zero-order chi connectivity index (χ0) is 16.1. The van der Waals surface area contributed by atoms with Crippen LogP contribution >= 0.6 is 0 Å². The first-order valence-electron chi connectivity index (χ1n) is 7.33. The molecule has 0 saturated heterocycles. The predicted octanol–water partition coefficient (Wildman–Crippen LogP) is 4.39. The monoisotopic (exact) mass is 300 g/mol. The van der Waals surface area contributed by atoms with E-state index in [1.807, 2.05) is 66.7 Å². The molecule has 23 heavy (non-hydrogen) atoms. The Labute approximate surface area is 135 Å². The average molecular weight is 300 g/mol. The average Bonchev–Trinajstić information content (AvgIpc) is 2.61. The predicted molar refractivity (Wildman–Crippen MR) is 91.8 cm³/mol. The SMILES string of the molecule is N#Cc1c(N)cccc1-c1ccc(OCc2ccccc2)cc1. The van der Waals surface area contributed by atoms with Crippen LogP contribution in [0.4, 0.5) is 5.69 Å². The van der Waals surface area contributed by atoms with Gasteiger partial charge in [-0.25, -0.2) is 0 Å². The van der Waals surface area contributed by atoms with Crippen molar-refractivity contribution in [3.63, 3.8) is 0 Å². The lowest BCUT2D eigenvalue weighted by molar-refractivity contribution is 0.306. The Bertz CT molecular complexity index is 834. The van der Waals surface area contributed by atoms with Crippen molar-refractivity contribution < 1.29 is 4.74 Å². The van der Waals surface area contributed by atoms with Gasteiger partial charge in [0, 0.05) is 5.56 Å². The highest BCUT2D eigenvalue weighted by Gasteiger charge is 2.08. The second-order valence-corrected chi connectivity index (χ2v) is 5.18. The van der Waals surface area contributed by atoms with E-state index in [0.717, 1.165) is 22.4 Å². The molecule has 0 bridgehead atoms. The smallest absolute Gasteiger partial charge is 0.119 e. The summed E-state index contributed by atoms with van der Waals surface area (Å²) in [5.41, 5.74) is 9.77. The molecular formula is C20H16N2O. The minimum Gasteiger partial charge on any atom is -0.489 e. The van der Waals surface area contributed by atoms with Gasteiger partial charge in [0.15, 0.2) is 0 Å². The summed E-state index contributed by atoms with van der Waals surface area (Å²) >= 11 is 0. The summed E-state index contributed by atoms with van der Waals surface area (Å²) in [6.07, 6.45) is 0. The molecule has 0 spiro atoms. The van der Waals surface area contributed by atoms with Crippen LogP contribution in [0.1, 0.15) is 11.1 Å². The number of nitrogen functional groups attached to an aromatic ring is 1. The van der Waals surface area contributed by atoms with E-state index >= 15 is 0 Å². The van der Waals surface area contributed by atoms with Crippen LogP contribution in [-0.2, 0) is 6.61 Å². The third-order valence-corrected chi connectivity index (χ3v) is 3.62. The molecule has 0 saturated carbocycles. The molecule has 0 aromatic heterocycles. The van der Waals surface area contributed by atoms with Gasteiger partial charge in [0.1, 0.15) is 18.4 Å². The van der Waals surface area contributed by atoms with Crippen LogP contribution in [0, 0.1) is 11.3 Å². The normalized spacial score (nSPS) is 10.0. The molecule has 3 heteroatoms. The van der Waals surface area contributed by atoms with Gasteiger partial charge in [0.25, 0.3) is 0 Å². The number of nitrogens with zero attached hydrogens (tertiary/aromatic N) is 1. The summed E-state index contributed by atoms with van der Waals surface area (Å²) in [7, 11) is 0. The van der Waals surface area contributed by atoms with Crippen molar-refractivity contribution in [3.05, 3.63) is 83.9 Å². The Hall–Kier alpha value is -3.25. The molecule has 112 valence electrons. The highest BCUT2D eigenvalue weighted by molar-refractivity contribution is 5.77. The molecule has 0 amide bonds. The Morgan fingerprint density at radius 2 is 1.61 bits per heavy atom. The van der Waals surface area contributed by atoms with E-state index in [1.165, 1.54) is 0 Å². The number of hydrogen-bond acceptors (Lipinski definition) is 3. The van der Waals surface area contributed by atoms with Gasteiger partial charge in [-0.3, -0.25) is 0 Å². The van der Waals surface area contributed by atoms with Crippen LogP contribution in [0.25, 0.3) is 11.1 Å². The van der Waals surface area contributed by atoms with Crippen LogP contribution in [-0.4, -0.2) is 0 Å². The summed E-state index contributed by atoms with van der Waals surface area (Å²) in [6.45, 7) is 0.530. The molecule has 3 aromatic carbocycles. The number of anilines is 1. The van der Waals surface area contributed by atoms with Crippen molar-refractivity contribution in [2.45, 2.75) is 6.61 Å². The van der Waals surface area contributed by atoms with Gasteiger partial charge in [-0.2, -0.15) is 5.26 Å². The summed E-state index contributed by atoms with van der Waals surface area (Å²) in [4.78, 5) is 0. The van der Waals surface area contributed by atoms with Crippen molar-refractivity contribution in [3.8, 4) is 22.9 Å². The van der Waals surface area contributed by atoms with Crippen LogP contribution in [0.15, 0.2) is 72.8 Å². The highest BCUT2D eigenvalue weighted by Crippen LogP contribution is 2.28. The molecule has 0 unspecified atom stereocenters. The maximum Gasteiger partial charge on any atom is 0.119 e. The standard InChI is InChI=1S/C20H16N2O/c21-13-19-18(7-4-8-20(19)22)16-9-11-17(12-10-16)23-14-15-5-2-1-3-6-15/h1-12H,14,22H2. The van der Waals surface area contributed by atoms with Crippen LogP contribution in [0.5, 0.6) is 5.75 Å². The number of hydrogen-bond donors (Lipinski definition) is 1. The summed E-state index contributed by atoms with van der Waals surface area (Å²) in [5.74, 6) is 0.792. The van der Waals surface area contributed by atoms with E-state index in [4.69, 9.17) is 10.5 Å². The van der Waals surface area contributed by atoms with Crippen LogP contribution in [0.3, 0.4) is 0 Å². The Morgan fingerprint density at radius 3 is 2.30 bits per heavy atom. The molecule has 2 N–H and O–H groups in total. The number of rotatable bonds is 4. The van der Waals surface area contributed by atoms with Crippen molar-refractivity contribution >= 4 is 5.69 Å². The van der Waals surface area contributed by atoms with Gasteiger partial charge in [-0.1, -0.05) is 54.6 Å². The van der Waals surface area contributed by atoms with Crippen LogP contribution < -0.4 is 10.5 Å². The number of ether oxygens (including phenoxy) is 1. The van der Waals surface area contributed by atoms with E-state index in [-0.39, 0.29) is 0 Å². The first-order valence-corrected chi connectivity index (χ1v) is 7.33. The first-order chi connectivity index (χ1) is 11.3. The van der Waals surface area contributed by atoms with Gasteiger partial charge in [-0.15, -0.1) is 0 Å². The first kappa shape index (κ1) is 14.7. The maximum atomic E-state index is 9.27. The second-order valence-electron chi connectivity index (χ2n) is 5.18. The molecule has 3 rings (SSSR count). The molecule has 0 aliphatic carbocycles. The van der Waals surface area contributed by atoms with E-state index in [1.54, 1.807) is 6.07 Å². The zero-order valence-corrected chi connectivity index (χ0v) is 12.6. The van der Waals surface area contributed by atoms with Crippen molar-refractivity contribution in [1.82, 2.24) is 0 Å². The molecule has 0 aliphatic heterocycles. The molecule has 3 aromatic rings. The maximum absolute atomic E-state index is 9.27. The minimum absolute atomic E-state index is 0.495. The molecule has 0 fully saturated rings. The zero-order valence-electron chi connectivity index (χ0n) is 12.6. The van der Waals surface area contributed by atoms with Crippen LogP contribution in [0.2, 0.25) is 0 Å².